The van der Waals surface area contributed by atoms with Crippen molar-refractivity contribution in [2.24, 2.45) is 0 Å². The van der Waals surface area contributed by atoms with Gasteiger partial charge in [0.2, 0.25) is 11.8 Å². The van der Waals surface area contributed by atoms with Gasteiger partial charge in [0.1, 0.15) is 12.6 Å². The van der Waals surface area contributed by atoms with Gasteiger partial charge in [-0.25, -0.2) is 8.42 Å². The number of carbonyl (C=O) groups excluding carboxylic acids is 2. The zero-order valence-corrected chi connectivity index (χ0v) is 27.6. The van der Waals surface area contributed by atoms with Crippen LogP contribution in [0.4, 0.5) is 5.69 Å². The molecule has 0 heterocycles. The maximum Gasteiger partial charge on any atom is 0.264 e. The van der Waals surface area contributed by atoms with Crippen LogP contribution in [0.15, 0.2) is 112 Å². The molecular weight excluding hydrogens is 638 g/mol. The summed E-state index contributed by atoms with van der Waals surface area (Å²) in [6.45, 7) is 5.93. The molecule has 0 bridgehead atoms. The number of aryl methyl sites for hydroxylation is 2. The fourth-order valence-corrected chi connectivity index (χ4v) is 6.46. The quantitative estimate of drug-likeness (QED) is 0.177. The fourth-order valence-electron chi connectivity index (χ4n) is 4.78. The van der Waals surface area contributed by atoms with Gasteiger partial charge in [0.25, 0.3) is 10.0 Å². The van der Waals surface area contributed by atoms with Crippen LogP contribution in [0, 0.1) is 13.8 Å². The molecular formula is C35H38BrN3O4S. The average Bonchev–Trinajstić information content (AvgIpc) is 3.02. The molecule has 0 radical (unpaired) electrons. The summed E-state index contributed by atoms with van der Waals surface area (Å²) in [7, 11) is -4.14. The van der Waals surface area contributed by atoms with Crippen LogP contribution in [0.25, 0.3) is 0 Å². The van der Waals surface area contributed by atoms with Gasteiger partial charge in [0.05, 0.1) is 10.6 Å². The van der Waals surface area contributed by atoms with Gasteiger partial charge in [-0.2, -0.15) is 0 Å². The van der Waals surface area contributed by atoms with Crippen LogP contribution in [-0.2, 0) is 32.6 Å². The zero-order chi connectivity index (χ0) is 31.7. The average molecular weight is 677 g/mol. The highest BCUT2D eigenvalue weighted by Crippen LogP contribution is 2.27. The molecule has 2 amide bonds. The lowest BCUT2D eigenvalue weighted by molar-refractivity contribution is -0.140. The van der Waals surface area contributed by atoms with Crippen LogP contribution in [0.1, 0.15) is 35.6 Å². The largest absolute Gasteiger partial charge is 0.354 e. The zero-order valence-electron chi connectivity index (χ0n) is 25.2. The van der Waals surface area contributed by atoms with Gasteiger partial charge in [0.15, 0.2) is 0 Å². The number of benzene rings is 4. The van der Waals surface area contributed by atoms with Gasteiger partial charge in [-0.05, 0) is 67.8 Å². The Morgan fingerprint density at radius 1 is 0.795 bits per heavy atom. The number of nitrogens with zero attached hydrogens (tertiary/aromatic N) is 2. The minimum atomic E-state index is -4.14. The number of rotatable bonds is 13. The van der Waals surface area contributed by atoms with Crippen molar-refractivity contribution >= 4 is 43.5 Å². The first-order valence-corrected chi connectivity index (χ1v) is 16.8. The number of sulfonamides is 1. The third-order valence-electron chi connectivity index (χ3n) is 7.30. The summed E-state index contributed by atoms with van der Waals surface area (Å²) in [5, 5.41) is 2.97. The molecule has 230 valence electrons. The Hall–Kier alpha value is -3.95. The van der Waals surface area contributed by atoms with Crippen molar-refractivity contribution in [3.8, 4) is 0 Å². The van der Waals surface area contributed by atoms with Gasteiger partial charge >= 0.3 is 0 Å². The highest BCUT2D eigenvalue weighted by molar-refractivity contribution is 9.10. The smallest absolute Gasteiger partial charge is 0.264 e. The van der Waals surface area contributed by atoms with Crippen LogP contribution in [0.2, 0.25) is 0 Å². The van der Waals surface area contributed by atoms with Crippen molar-refractivity contribution in [3.63, 3.8) is 0 Å². The van der Waals surface area contributed by atoms with E-state index in [0.717, 1.165) is 37.5 Å². The maximum absolute atomic E-state index is 14.4. The second kappa shape index (κ2) is 15.2. The third kappa shape index (κ3) is 8.57. The number of carbonyl (C=O) groups is 2. The number of amides is 2. The molecule has 4 aromatic carbocycles. The fraction of sp³-hybridized carbons (Fsp3) is 0.257. The minimum absolute atomic E-state index is 0.0745. The second-order valence-corrected chi connectivity index (χ2v) is 13.6. The molecule has 0 saturated carbocycles. The molecule has 0 aromatic heterocycles. The molecule has 0 fully saturated rings. The van der Waals surface area contributed by atoms with Crippen LogP contribution in [-0.4, -0.2) is 44.3 Å². The van der Waals surface area contributed by atoms with Gasteiger partial charge < -0.3 is 10.2 Å². The lowest BCUT2D eigenvalue weighted by atomic mass is 10.0. The van der Waals surface area contributed by atoms with Crippen LogP contribution in [0.3, 0.4) is 0 Å². The Morgan fingerprint density at radius 3 is 1.98 bits per heavy atom. The first-order chi connectivity index (χ1) is 21.1. The Kier molecular flexibility index (Phi) is 11.4. The summed E-state index contributed by atoms with van der Waals surface area (Å²) in [4.78, 5) is 29.7. The van der Waals surface area contributed by atoms with Crippen molar-refractivity contribution in [1.82, 2.24) is 10.2 Å². The Bertz CT molecular complexity index is 1640. The van der Waals surface area contributed by atoms with E-state index < -0.39 is 28.5 Å². The van der Waals surface area contributed by atoms with Gasteiger partial charge in [0, 0.05) is 24.0 Å². The van der Waals surface area contributed by atoms with E-state index >= 15 is 0 Å². The number of hydrogen-bond donors (Lipinski definition) is 1. The highest BCUT2D eigenvalue weighted by Gasteiger charge is 2.34. The molecule has 0 saturated heterocycles. The molecule has 7 nitrogen and oxygen atoms in total. The monoisotopic (exact) mass is 675 g/mol. The highest BCUT2D eigenvalue weighted by atomic mass is 79.9. The molecule has 1 unspecified atom stereocenters. The Labute approximate surface area is 269 Å². The van der Waals surface area contributed by atoms with E-state index in [1.54, 1.807) is 48.5 Å². The van der Waals surface area contributed by atoms with E-state index in [1.165, 1.54) is 4.90 Å². The lowest BCUT2D eigenvalue weighted by Gasteiger charge is -2.34. The van der Waals surface area contributed by atoms with Crippen LogP contribution < -0.4 is 9.62 Å². The number of hydrogen-bond acceptors (Lipinski definition) is 4. The molecule has 44 heavy (non-hydrogen) atoms. The maximum atomic E-state index is 14.4. The summed E-state index contributed by atoms with van der Waals surface area (Å²) in [6, 6.07) is 29.7. The molecule has 9 heteroatoms. The van der Waals surface area contributed by atoms with Crippen molar-refractivity contribution in [2.75, 3.05) is 17.4 Å². The predicted molar refractivity (Wildman–Crippen MR) is 179 cm³/mol. The van der Waals surface area contributed by atoms with E-state index in [-0.39, 0.29) is 23.8 Å². The summed E-state index contributed by atoms with van der Waals surface area (Å²) < 4.78 is 30.1. The molecule has 4 aromatic rings. The molecule has 0 aliphatic carbocycles. The summed E-state index contributed by atoms with van der Waals surface area (Å²) in [5.74, 6) is -0.774. The first-order valence-electron chi connectivity index (χ1n) is 14.6. The van der Waals surface area contributed by atoms with E-state index in [4.69, 9.17) is 0 Å². The van der Waals surface area contributed by atoms with Crippen molar-refractivity contribution in [2.45, 2.75) is 51.1 Å². The normalized spacial score (nSPS) is 11.9. The molecule has 0 spiro atoms. The van der Waals surface area contributed by atoms with Crippen molar-refractivity contribution in [3.05, 3.63) is 130 Å². The molecule has 0 aliphatic heterocycles. The Morgan fingerprint density at radius 2 is 1.39 bits per heavy atom. The summed E-state index contributed by atoms with van der Waals surface area (Å²) >= 11 is 3.41. The third-order valence-corrected chi connectivity index (χ3v) is 9.61. The van der Waals surface area contributed by atoms with E-state index in [1.807, 2.05) is 75.4 Å². The number of nitrogens with one attached hydrogen (secondary N) is 1. The van der Waals surface area contributed by atoms with Gasteiger partial charge in [-0.15, -0.1) is 0 Å². The summed E-state index contributed by atoms with van der Waals surface area (Å²) in [5.41, 5.74) is 4.05. The number of halogens is 1. The lowest BCUT2D eigenvalue weighted by Crippen LogP contribution is -2.53. The van der Waals surface area contributed by atoms with Crippen molar-refractivity contribution in [1.29, 1.82) is 0 Å². The minimum Gasteiger partial charge on any atom is -0.354 e. The van der Waals surface area contributed by atoms with E-state index in [9.17, 15) is 18.0 Å². The number of anilines is 1. The van der Waals surface area contributed by atoms with Crippen LogP contribution in [0.5, 0.6) is 0 Å². The topological polar surface area (TPSA) is 86.8 Å². The molecule has 4 rings (SSSR count). The van der Waals surface area contributed by atoms with Crippen LogP contribution >= 0.6 is 15.9 Å². The summed E-state index contributed by atoms with van der Waals surface area (Å²) in [6.07, 6.45) is 1.01. The van der Waals surface area contributed by atoms with Crippen molar-refractivity contribution < 1.29 is 18.0 Å². The first kappa shape index (κ1) is 33.0. The van der Waals surface area contributed by atoms with E-state index in [0.29, 0.717) is 12.2 Å². The standard InChI is InChI=1S/C35H38BrN3O4S/c1-4-22-37-35(41)33(23-28-8-6-5-7-9-28)38(24-29-14-10-26(2)11-15-29)34(40)25-39(31-18-16-30(36)17-19-31)44(42,43)32-20-12-27(3)13-21-32/h5-21,33H,4,22-25H2,1-3H3,(H,37,41). The Balaban J connectivity index is 1.78. The SMILES string of the molecule is CCCNC(=O)C(Cc1ccccc1)N(Cc1ccc(C)cc1)C(=O)CN(c1ccc(Br)cc1)S(=O)(=O)c1ccc(C)cc1. The predicted octanol–water partition coefficient (Wildman–Crippen LogP) is 6.43. The van der Waals surface area contributed by atoms with Gasteiger partial charge in [-0.1, -0.05) is 101 Å². The molecule has 1 atom stereocenters. The molecule has 1 N–H and O–H groups in total. The van der Waals surface area contributed by atoms with E-state index in [2.05, 4.69) is 21.2 Å². The van der Waals surface area contributed by atoms with Gasteiger partial charge in [-0.3, -0.25) is 13.9 Å². The second-order valence-electron chi connectivity index (χ2n) is 10.8. The molecule has 0 aliphatic rings.